The van der Waals surface area contributed by atoms with Crippen LogP contribution < -0.4 is 0 Å². The van der Waals surface area contributed by atoms with Crippen LogP contribution in [-0.2, 0) is 4.84 Å². The van der Waals surface area contributed by atoms with Crippen LogP contribution in [0.25, 0.3) is 0 Å². The van der Waals surface area contributed by atoms with Crippen molar-refractivity contribution in [3.8, 4) is 0 Å². The van der Waals surface area contributed by atoms with E-state index in [0.29, 0.717) is 0 Å². The smallest absolute Gasteiger partial charge is 0.223 e. The predicted molar refractivity (Wildman–Crippen MR) is 20.5 cm³/mol. The second-order valence-electron chi connectivity index (χ2n) is 0.729. The van der Waals surface area contributed by atoms with Gasteiger partial charge in [-0.1, -0.05) is 0 Å². The van der Waals surface area contributed by atoms with Crippen molar-refractivity contribution >= 4 is 7.98 Å². The predicted octanol–water partition coefficient (Wildman–Crippen LogP) is -0.437. The Bertz CT molecular complexity index is 23.6. The van der Waals surface area contributed by atoms with Crippen LogP contribution in [0.2, 0.25) is 0 Å². The highest BCUT2D eigenvalue weighted by Gasteiger charge is 1.71. The molecular weight excluding hydrogens is 64.8 g/mol. The second kappa shape index (κ2) is 2.24. The fraction of sp³-hybridized carbons (Fsp3) is 1.00. The lowest BCUT2D eigenvalue weighted by Gasteiger charge is -2.01. The third-order valence-electron chi connectivity index (χ3n) is 0.288. The van der Waals surface area contributed by atoms with Gasteiger partial charge in [0.05, 0.1) is 7.11 Å². The monoisotopic (exact) mass is 71.1 g/mol. The lowest BCUT2D eigenvalue weighted by atomic mass is 10.4. The summed E-state index contributed by atoms with van der Waals surface area (Å²) in [4.78, 5) is 5.49. The van der Waals surface area contributed by atoms with Gasteiger partial charge >= 0.3 is 0 Å². The summed E-state index contributed by atoms with van der Waals surface area (Å²) in [6.45, 7) is 0. The zero-order chi connectivity index (χ0) is 4.28. The van der Waals surface area contributed by atoms with Crippen LogP contribution in [-0.4, -0.2) is 27.1 Å². The number of hydrogen-bond acceptors (Lipinski definition) is 2. The van der Waals surface area contributed by atoms with Crippen LogP contribution in [0.15, 0.2) is 0 Å². The van der Waals surface area contributed by atoms with Crippen LogP contribution in [0, 0.1) is 0 Å². The molecule has 0 atom stereocenters. The molecule has 5 heavy (non-hydrogen) atoms. The van der Waals surface area contributed by atoms with E-state index < -0.39 is 0 Å². The molecule has 0 aromatic rings. The highest BCUT2D eigenvalue weighted by molar-refractivity contribution is 6.03. The van der Waals surface area contributed by atoms with E-state index in [2.05, 4.69) is 4.84 Å². The molecule has 2 nitrogen and oxygen atoms in total. The molecule has 0 unspecified atom stereocenters. The van der Waals surface area contributed by atoms with Crippen molar-refractivity contribution in [1.29, 1.82) is 0 Å². The first kappa shape index (κ1) is 4.98. The quantitative estimate of drug-likeness (QED) is 0.307. The third kappa shape index (κ3) is 3.98. The van der Waals surface area contributed by atoms with Gasteiger partial charge in [-0.3, -0.25) is 0 Å². The minimum atomic E-state index is 1.12. The minimum absolute atomic E-state index is 1.12. The Morgan fingerprint density at radius 3 is 2.00 bits per heavy atom. The zero-order valence-electron chi connectivity index (χ0n) is 3.43. The molecule has 0 fully saturated rings. The van der Waals surface area contributed by atoms with Crippen molar-refractivity contribution in [1.82, 2.24) is 4.97 Å². The molecule has 0 rings (SSSR count). The largest absolute Gasteiger partial charge is 0.316 e. The Balaban J connectivity index is 2.54. The van der Waals surface area contributed by atoms with Crippen molar-refractivity contribution in [2.24, 2.45) is 0 Å². The summed E-state index contributed by atoms with van der Waals surface area (Å²) >= 11 is 0. The van der Waals surface area contributed by atoms with Crippen molar-refractivity contribution in [3.05, 3.63) is 0 Å². The first-order chi connectivity index (χ1) is 2.27. The van der Waals surface area contributed by atoms with Crippen molar-refractivity contribution in [2.75, 3.05) is 14.2 Å². The van der Waals surface area contributed by atoms with Crippen LogP contribution >= 0.6 is 0 Å². The Hall–Kier alpha value is -0.0151. The van der Waals surface area contributed by atoms with Crippen LogP contribution in [0.1, 0.15) is 0 Å². The first-order valence-electron chi connectivity index (χ1n) is 1.30. The number of rotatable bonds is 1. The van der Waals surface area contributed by atoms with E-state index in [4.69, 9.17) is 7.98 Å². The Labute approximate surface area is 33.1 Å². The minimum Gasteiger partial charge on any atom is -0.316 e. The summed E-state index contributed by atoms with van der Waals surface area (Å²) in [7, 11) is 8.01. The molecule has 0 aliphatic carbocycles. The highest BCUT2D eigenvalue weighted by atomic mass is 16.7. The lowest BCUT2D eigenvalue weighted by molar-refractivity contribution is -0.0251. The molecule has 0 aliphatic heterocycles. The molecular formula is C2H6BNO. The number of hydroxylamine groups is 1. The molecule has 0 heterocycles. The fourth-order valence-corrected chi connectivity index (χ4v) is 0. The molecule has 0 aliphatic rings. The van der Waals surface area contributed by atoms with Gasteiger partial charge in [0.1, 0.15) is 0 Å². The van der Waals surface area contributed by atoms with Crippen molar-refractivity contribution in [3.63, 3.8) is 0 Å². The van der Waals surface area contributed by atoms with Gasteiger partial charge in [-0.25, -0.2) is 4.97 Å². The number of hydrogen-bond donors (Lipinski definition) is 0. The Morgan fingerprint density at radius 1 is 1.80 bits per heavy atom. The third-order valence-corrected chi connectivity index (χ3v) is 0.288. The van der Waals surface area contributed by atoms with Crippen LogP contribution in [0.3, 0.4) is 0 Å². The fourth-order valence-electron chi connectivity index (χ4n) is 0. The molecule has 0 N–H and O–H groups in total. The summed E-state index contributed by atoms with van der Waals surface area (Å²) in [6, 6.07) is 0. The molecule has 28 valence electrons. The zero-order valence-corrected chi connectivity index (χ0v) is 3.43. The maximum absolute atomic E-state index is 4.90. The summed E-state index contributed by atoms with van der Waals surface area (Å²) < 4.78 is 0. The average molecular weight is 70.9 g/mol. The topological polar surface area (TPSA) is 12.5 Å². The molecule has 0 aromatic carbocycles. The maximum Gasteiger partial charge on any atom is 0.223 e. The molecule has 0 saturated heterocycles. The average Bonchev–Trinajstić information content (AvgIpc) is 1.38. The van der Waals surface area contributed by atoms with Gasteiger partial charge in [0.25, 0.3) is 0 Å². The van der Waals surface area contributed by atoms with Gasteiger partial charge in [-0.2, -0.15) is 0 Å². The van der Waals surface area contributed by atoms with E-state index in [1.807, 2.05) is 0 Å². The molecule has 0 amide bonds. The van der Waals surface area contributed by atoms with Crippen molar-refractivity contribution < 1.29 is 4.84 Å². The highest BCUT2D eigenvalue weighted by Crippen LogP contribution is 1.62. The van der Waals surface area contributed by atoms with Gasteiger partial charge in [0, 0.05) is 0 Å². The molecule has 0 spiro atoms. The van der Waals surface area contributed by atoms with Gasteiger partial charge in [0.15, 0.2) is 0 Å². The summed E-state index contributed by atoms with van der Waals surface area (Å²) in [5, 5.41) is 0. The summed E-state index contributed by atoms with van der Waals surface area (Å²) in [5.41, 5.74) is 0. The van der Waals surface area contributed by atoms with Gasteiger partial charge in [0.2, 0.25) is 7.98 Å². The van der Waals surface area contributed by atoms with Crippen LogP contribution in [0.4, 0.5) is 0 Å². The first-order valence-corrected chi connectivity index (χ1v) is 1.30. The summed E-state index contributed by atoms with van der Waals surface area (Å²) in [5.74, 6) is 0. The lowest BCUT2D eigenvalue weighted by Crippen LogP contribution is -2.10. The standard InChI is InChI=1S/C2H6BNO/c1-4(3)5-2/h1-2H3. The van der Waals surface area contributed by atoms with Gasteiger partial charge < -0.3 is 4.84 Å². The van der Waals surface area contributed by atoms with E-state index >= 15 is 0 Å². The maximum atomic E-state index is 4.90. The molecule has 2 radical (unpaired) electrons. The van der Waals surface area contributed by atoms with Crippen molar-refractivity contribution in [2.45, 2.75) is 0 Å². The molecule has 3 heteroatoms. The van der Waals surface area contributed by atoms with E-state index in [1.54, 1.807) is 7.05 Å². The molecule has 0 saturated carbocycles. The second-order valence-corrected chi connectivity index (χ2v) is 0.729. The number of nitrogens with zero attached hydrogens (tertiary/aromatic N) is 1. The molecule has 0 aromatic heterocycles. The van der Waals surface area contributed by atoms with Gasteiger partial charge in [-0.15, -0.1) is 0 Å². The van der Waals surface area contributed by atoms with Gasteiger partial charge in [-0.05, 0) is 7.05 Å². The van der Waals surface area contributed by atoms with E-state index in [0.717, 1.165) is 4.97 Å². The van der Waals surface area contributed by atoms with E-state index in [-0.39, 0.29) is 0 Å². The Morgan fingerprint density at radius 2 is 2.00 bits per heavy atom. The van der Waals surface area contributed by atoms with E-state index in [1.165, 1.54) is 7.11 Å². The molecule has 0 bridgehead atoms. The van der Waals surface area contributed by atoms with E-state index in [9.17, 15) is 0 Å². The van der Waals surface area contributed by atoms with Crippen LogP contribution in [0.5, 0.6) is 0 Å². The summed E-state index contributed by atoms with van der Waals surface area (Å²) in [6.07, 6.45) is 0. The Kier molecular flexibility index (Phi) is 2.23. The SMILES string of the molecule is [B]N(C)OC. The normalized spacial score (nSPS) is 9.40.